The molecule has 0 unspecified atom stereocenters. The Labute approximate surface area is 271 Å². The number of nitrogens with one attached hydrogen (secondary N) is 3. The van der Waals surface area contributed by atoms with Crippen LogP contribution in [0.5, 0.6) is 11.5 Å². The number of anilines is 3. The molecule has 0 atom stereocenters. The molecule has 3 N–H and O–H groups in total. The molecule has 1 saturated heterocycles. The molecule has 1 aliphatic heterocycles. The summed E-state index contributed by atoms with van der Waals surface area (Å²) in [5, 5.41) is 13.9. The molecule has 1 aliphatic rings. The molecule has 4 aromatic rings. The first-order valence-corrected chi connectivity index (χ1v) is 15.7. The molecular weight excluding hydrogens is 580 g/mol. The van der Waals surface area contributed by atoms with E-state index in [-0.39, 0.29) is 17.5 Å². The van der Waals surface area contributed by atoms with Crippen LogP contribution in [0, 0.1) is 12.8 Å². The number of carbonyl (C=O) groups excluding carboxylic acids is 2. The molecule has 242 valence electrons. The summed E-state index contributed by atoms with van der Waals surface area (Å²) >= 11 is 0. The number of para-hydroxylation sites is 1. The molecule has 2 heterocycles. The fourth-order valence-electron chi connectivity index (χ4n) is 5.57. The predicted octanol–water partition coefficient (Wildman–Crippen LogP) is 7.63. The van der Waals surface area contributed by atoms with Crippen LogP contribution in [0.3, 0.4) is 0 Å². The summed E-state index contributed by atoms with van der Waals surface area (Å²) in [4.78, 5) is 28.2. The number of aryl methyl sites for hydroxylation is 1. The number of ether oxygens (including phenoxy) is 2. The number of rotatable bonds is 8. The van der Waals surface area contributed by atoms with E-state index >= 15 is 0 Å². The second-order valence-electron chi connectivity index (χ2n) is 12.8. The van der Waals surface area contributed by atoms with Crippen molar-refractivity contribution in [1.29, 1.82) is 0 Å². The molecule has 0 bridgehead atoms. The van der Waals surface area contributed by atoms with Crippen LogP contribution in [-0.4, -0.2) is 54.1 Å². The molecule has 3 aromatic carbocycles. The average molecular weight is 625 g/mol. The minimum absolute atomic E-state index is 0.164. The van der Waals surface area contributed by atoms with Crippen LogP contribution < -0.4 is 25.4 Å². The quantitative estimate of drug-likeness (QED) is 0.187. The third-order valence-corrected chi connectivity index (χ3v) is 8.32. The lowest BCUT2D eigenvalue weighted by Gasteiger charge is -2.32. The predicted molar refractivity (Wildman–Crippen MR) is 183 cm³/mol. The van der Waals surface area contributed by atoms with Crippen molar-refractivity contribution >= 4 is 29.3 Å². The largest absolute Gasteiger partial charge is 0.497 e. The minimum atomic E-state index is -0.333. The highest BCUT2D eigenvalue weighted by Crippen LogP contribution is 2.31. The van der Waals surface area contributed by atoms with E-state index < -0.39 is 0 Å². The van der Waals surface area contributed by atoms with E-state index in [1.54, 1.807) is 37.1 Å². The number of hydrogen-bond acceptors (Lipinski definition) is 5. The van der Waals surface area contributed by atoms with Gasteiger partial charge in [0.1, 0.15) is 17.3 Å². The Balaban J connectivity index is 1.21. The lowest BCUT2D eigenvalue weighted by atomic mass is 9.89. The van der Waals surface area contributed by atoms with Gasteiger partial charge in [-0.1, -0.05) is 56.7 Å². The zero-order valence-electron chi connectivity index (χ0n) is 27.5. The Bertz CT molecular complexity index is 1670. The Hall–Kier alpha value is -4.99. The molecule has 0 aliphatic carbocycles. The zero-order chi connectivity index (χ0) is 32.8. The van der Waals surface area contributed by atoms with Crippen molar-refractivity contribution in [3.05, 3.63) is 89.6 Å². The van der Waals surface area contributed by atoms with Gasteiger partial charge in [0.15, 0.2) is 0 Å². The summed E-state index contributed by atoms with van der Waals surface area (Å²) in [7, 11) is 3.16. The second kappa shape index (κ2) is 14.0. The van der Waals surface area contributed by atoms with Crippen molar-refractivity contribution in [1.82, 2.24) is 14.7 Å². The molecule has 1 fully saturated rings. The van der Waals surface area contributed by atoms with Crippen molar-refractivity contribution in [3.8, 4) is 17.2 Å². The fraction of sp³-hybridized carbons (Fsp3) is 0.361. The molecule has 5 rings (SSSR count). The molecule has 10 nitrogen and oxygen atoms in total. The lowest BCUT2D eigenvalue weighted by Crippen LogP contribution is -2.41. The van der Waals surface area contributed by atoms with Crippen molar-refractivity contribution in [3.63, 3.8) is 0 Å². The van der Waals surface area contributed by atoms with E-state index in [2.05, 4.69) is 42.8 Å². The van der Waals surface area contributed by atoms with Gasteiger partial charge in [0.25, 0.3) is 0 Å². The van der Waals surface area contributed by atoms with Gasteiger partial charge in [0.05, 0.1) is 31.3 Å². The molecule has 4 amide bonds. The van der Waals surface area contributed by atoms with Gasteiger partial charge in [-0.2, -0.15) is 5.10 Å². The van der Waals surface area contributed by atoms with Crippen molar-refractivity contribution in [2.45, 2.75) is 52.4 Å². The Morgan fingerprint density at radius 3 is 2.26 bits per heavy atom. The number of piperidine rings is 1. The highest BCUT2D eigenvalue weighted by molar-refractivity contribution is 6.00. The topological polar surface area (TPSA) is 110 Å². The van der Waals surface area contributed by atoms with E-state index in [0.717, 1.165) is 47.5 Å². The summed E-state index contributed by atoms with van der Waals surface area (Å²) in [6, 6.07) is 22.7. The maximum atomic E-state index is 13.3. The maximum absolute atomic E-state index is 13.3. The number of likely N-dealkylation sites (tertiary alicyclic amines) is 1. The number of urea groups is 2. The summed E-state index contributed by atoms with van der Waals surface area (Å²) < 4.78 is 12.5. The SMILES string of the molecule is COc1ccc(OC)c(NC(=O)N2CCC(Cc3ccccc3NC(=O)Nc3cc(C(C)(C)C)nn3-c3ccc(C)cc3)CC2)c1. The average Bonchev–Trinajstić information content (AvgIpc) is 3.47. The first-order valence-electron chi connectivity index (χ1n) is 15.7. The fourth-order valence-corrected chi connectivity index (χ4v) is 5.57. The van der Waals surface area contributed by atoms with E-state index in [0.29, 0.717) is 42.0 Å². The van der Waals surface area contributed by atoms with E-state index in [9.17, 15) is 9.59 Å². The molecule has 0 radical (unpaired) electrons. The monoisotopic (exact) mass is 624 g/mol. The number of benzene rings is 3. The highest BCUT2D eigenvalue weighted by Gasteiger charge is 2.25. The van der Waals surface area contributed by atoms with Crippen LogP contribution in [0.25, 0.3) is 5.69 Å². The number of nitrogens with zero attached hydrogens (tertiary/aromatic N) is 3. The van der Waals surface area contributed by atoms with Crippen LogP contribution in [0.15, 0.2) is 72.8 Å². The van der Waals surface area contributed by atoms with Gasteiger partial charge in [0.2, 0.25) is 0 Å². The van der Waals surface area contributed by atoms with E-state index in [1.807, 2.05) is 60.4 Å². The van der Waals surface area contributed by atoms with Crippen LogP contribution in [0.4, 0.5) is 26.8 Å². The molecule has 1 aromatic heterocycles. The first-order chi connectivity index (χ1) is 22.0. The normalized spacial score (nSPS) is 13.7. The molecule has 10 heteroatoms. The van der Waals surface area contributed by atoms with Crippen LogP contribution >= 0.6 is 0 Å². The van der Waals surface area contributed by atoms with Crippen LogP contribution in [0.1, 0.15) is 50.4 Å². The van der Waals surface area contributed by atoms with Crippen molar-refractivity contribution < 1.29 is 19.1 Å². The standard InChI is InChI=1S/C36H44N6O4/c1-24-11-13-27(14-12-24)42-33(23-32(40-42)36(2,3)4)39-34(43)37-29-10-8-7-9-26(29)21-25-17-19-41(20-18-25)35(44)38-30-22-28(45-5)15-16-31(30)46-6/h7-16,22-23,25H,17-21H2,1-6H3,(H,38,44)(H2,37,39,43). The van der Waals surface area contributed by atoms with Gasteiger partial charge in [-0.25, -0.2) is 14.3 Å². The molecule has 46 heavy (non-hydrogen) atoms. The Morgan fingerprint density at radius 1 is 0.870 bits per heavy atom. The van der Waals surface area contributed by atoms with Gasteiger partial charge in [-0.05, 0) is 68.0 Å². The number of methoxy groups -OCH3 is 2. The first kappa shape index (κ1) is 32.4. The van der Waals surface area contributed by atoms with E-state index in [4.69, 9.17) is 14.6 Å². The highest BCUT2D eigenvalue weighted by atomic mass is 16.5. The van der Waals surface area contributed by atoms with E-state index in [1.165, 1.54) is 0 Å². The van der Waals surface area contributed by atoms with Gasteiger partial charge in [0, 0.05) is 36.3 Å². The van der Waals surface area contributed by atoms with Crippen LogP contribution in [-0.2, 0) is 11.8 Å². The number of aromatic nitrogens is 2. The third kappa shape index (κ3) is 7.80. The number of carbonyl (C=O) groups is 2. The van der Waals surface area contributed by atoms with Gasteiger partial charge in [-0.15, -0.1) is 0 Å². The zero-order valence-corrected chi connectivity index (χ0v) is 27.5. The second-order valence-corrected chi connectivity index (χ2v) is 12.8. The summed E-state index contributed by atoms with van der Waals surface area (Å²) in [5.41, 5.74) is 5.12. The van der Waals surface area contributed by atoms with Crippen LogP contribution in [0.2, 0.25) is 0 Å². The summed E-state index contributed by atoms with van der Waals surface area (Å²) in [5.74, 6) is 2.19. The number of amides is 4. The smallest absolute Gasteiger partial charge is 0.324 e. The number of hydrogen-bond donors (Lipinski definition) is 3. The van der Waals surface area contributed by atoms with Crippen molar-refractivity contribution in [2.75, 3.05) is 43.3 Å². The molecule has 0 spiro atoms. The van der Waals surface area contributed by atoms with Gasteiger partial charge in [-0.3, -0.25) is 5.32 Å². The van der Waals surface area contributed by atoms with Gasteiger partial charge >= 0.3 is 12.1 Å². The lowest BCUT2D eigenvalue weighted by molar-refractivity contribution is 0.182. The summed E-state index contributed by atoms with van der Waals surface area (Å²) in [6.07, 6.45) is 2.51. The Kier molecular flexibility index (Phi) is 9.84. The Morgan fingerprint density at radius 2 is 1.59 bits per heavy atom. The molecule has 0 saturated carbocycles. The molecular formula is C36H44N6O4. The van der Waals surface area contributed by atoms with Gasteiger partial charge < -0.3 is 25.0 Å². The minimum Gasteiger partial charge on any atom is -0.497 e. The van der Waals surface area contributed by atoms with Crippen molar-refractivity contribution in [2.24, 2.45) is 5.92 Å². The summed E-state index contributed by atoms with van der Waals surface area (Å²) in [6.45, 7) is 9.62. The maximum Gasteiger partial charge on any atom is 0.324 e. The third-order valence-electron chi connectivity index (χ3n) is 8.32.